The molecule has 0 aromatic heterocycles. The zero-order valence-electron chi connectivity index (χ0n) is 13.9. The summed E-state index contributed by atoms with van der Waals surface area (Å²) in [7, 11) is 0. The minimum Gasteiger partial charge on any atom is -0.389 e. The van der Waals surface area contributed by atoms with Gasteiger partial charge in [0.25, 0.3) is 0 Å². The van der Waals surface area contributed by atoms with E-state index in [0.717, 1.165) is 12.1 Å². The van der Waals surface area contributed by atoms with Crippen LogP contribution in [0.4, 0.5) is 10.1 Å². The topological polar surface area (TPSA) is 35.5 Å². The number of aliphatic hydroxyl groups is 1. The predicted molar refractivity (Wildman–Crippen MR) is 87.1 cm³/mol. The number of hydrogen-bond acceptors (Lipinski definition) is 3. The van der Waals surface area contributed by atoms with Gasteiger partial charge in [0.05, 0.1) is 11.3 Å². The molecule has 0 fully saturated rings. The molecular weight excluding hydrogens is 267 g/mol. The molecule has 0 amide bonds. The van der Waals surface area contributed by atoms with E-state index in [-0.39, 0.29) is 5.82 Å². The fourth-order valence-corrected chi connectivity index (χ4v) is 2.37. The Balaban J connectivity index is 2.97. The number of nitrogens with one attached hydrogen (secondary N) is 1. The number of rotatable bonds is 8. The molecule has 0 spiro atoms. The molecule has 4 heteroatoms. The molecule has 2 N–H and O–H groups in total. The SMILES string of the molecule is CCN(CC(C)(C)O)c1c(F)cccc1CNCC(C)C. The molecule has 0 saturated heterocycles. The number of benzene rings is 1. The average molecular weight is 296 g/mol. The largest absolute Gasteiger partial charge is 0.389 e. The number of para-hydroxylation sites is 1. The van der Waals surface area contributed by atoms with Crippen LogP contribution in [-0.4, -0.2) is 30.3 Å². The summed E-state index contributed by atoms with van der Waals surface area (Å²) in [4.78, 5) is 1.90. The quantitative estimate of drug-likeness (QED) is 0.773. The number of hydrogen-bond donors (Lipinski definition) is 2. The van der Waals surface area contributed by atoms with E-state index in [1.54, 1.807) is 19.9 Å². The first-order valence-electron chi connectivity index (χ1n) is 7.70. The van der Waals surface area contributed by atoms with E-state index >= 15 is 0 Å². The minimum atomic E-state index is -0.860. The summed E-state index contributed by atoms with van der Waals surface area (Å²) < 4.78 is 14.3. The fraction of sp³-hybridized carbons (Fsp3) is 0.647. The van der Waals surface area contributed by atoms with Crippen molar-refractivity contribution in [2.45, 2.75) is 46.8 Å². The summed E-state index contributed by atoms with van der Waals surface area (Å²) in [6.07, 6.45) is 0. The third kappa shape index (κ3) is 6.02. The Morgan fingerprint density at radius 3 is 2.52 bits per heavy atom. The van der Waals surface area contributed by atoms with Crippen molar-refractivity contribution < 1.29 is 9.50 Å². The van der Waals surface area contributed by atoms with Gasteiger partial charge in [-0.2, -0.15) is 0 Å². The Kier molecular flexibility index (Phi) is 6.62. The summed E-state index contributed by atoms with van der Waals surface area (Å²) in [5.41, 5.74) is 0.668. The molecule has 0 radical (unpaired) electrons. The lowest BCUT2D eigenvalue weighted by atomic mass is 10.1. The van der Waals surface area contributed by atoms with Gasteiger partial charge < -0.3 is 15.3 Å². The summed E-state index contributed by atoms with van der Waals surface area (Å²) >= 11 is 0. The second-order valence-electron chi connectivity index (χ2n) is 6.60. The molecular formula is C17H29FN2O. The van der Waals surface area contributed by atoms with Crippen LogP contribution in [0.15, 0.2) is 18.2 Å². The van der Waals surface area contributed by atoms with Gasteiger partial charge in [0, 0.05) is 19.6 Å². The molecule has 1 aromatic carbocycles. The summed E-state index contributed by atoms with van der Waals surface area (Å²) in [5.74, 6) is 0.325. The van der Waals surface area contributed by atoms with Crippen molar-refractivity contribution >= 4 is 5.69 Å². The number of likely N-dealkylation sites (N-methyl/N-ethyl adjacent to an activating group) is 1. The standard InChI is InChI=1S/C17H29FN2O/c1-6-20(12-17(4,5)21)16-14(8-7-9-15(16)18)11-19-10-13(2)3/h7-9,13,19,21H,6,10-12H2,1-5H3. The Hall–Kier alpha value is -1.13. The van der Waals surface area contributed by atoms with Gasteiger partial charge in [-0.1, -0.05) is 26.0 Å². The smallest absolute Gasteiger partial charge is 0.146 e. The first kappa shape index (κ1) is 17.9. The van der Waals surface area contributed by atoms with Crippen LogP contribution in [0, 0.1) is 11.7 Å². The Bertz CT molecular complexity index is 441. The Morgan fingerprint density at radius 1 is 1.33 bits per heavy atom. The highest BCUT2D eigenvalue weighted by Crippen LogP contribution is 2.26. The molecule has 0 aliphatic heterocycles. The molecule has 120 valence electrons. The molecule has 0 bridgehead atoms. The molecule has 3 nitrogen and oxygen atoms in total. The predicted octanol–water partition coefficient (Wildman–Crippen LogP) is 3.17. The van der Waals surface area contributed by atoms with Gasteiger partial charge in [0.15, 0.2) is 0 Å². The normalized spacial score (nSPS) is 12.0. The first-order chi connectivity index (χ1) is 9.74. The highest BCUT2D eigenvalue weighted by molar-refractivity contribution is 5.55. The third-order valence-electron chi connectivity index (χ3n) is 3.21. The lowest BCUT2D eigenvalue weighted by Gasteiger charge is -2.31. The van der Waals surface area contributed by atoms with Crippen LogP contribution < -0.4 is 10.2 Å². The van der Waals surface area contributed by atoms with Gasteiger partial charge in [0.2, 0.25) is 0 Å². The van der Waals surface area contributed by atoms with E-state index < -0.39 is 5.60 Å². The molecule has 0 atom stereocenters. The van der Waals surface area contributed by atoms with Crippen molar-refractivity contribution in [3.8, 4) is 0 Å². The number of halogens is 1. The average Bonchev–Trinajstić information content (AvgIpc) is 2.35. The molecule has 0 saturated carbocycles. The monoisotopic (exact) mass is 296 g/mol. The van der Waals surface area contributed by atoms with Crippen LogP contribution in [0.5, 0.6) is 0 Å². The molecule has 1 aromatic rings. The van der Waals surface area contributed by atoms with Crippen molar-refractivity contribution in [2.24, 2.45) is 5.92 Å². The van der Waals surface area contributed by atoms with Crippen molar-refractivity contribution in [1.29, 1.82) is 0 Å². The van der Waals surface area contributed by atoms with Crippen LogP contribution in [0.25, 0.3) is 0 Å². The minimum absolute atomic E-state index is 0.232. The van der Waals surface area contributed by atoms with E-state index in [1.165, 1.54) is 6.07 Å². The second kappa shape index (κ2) is 7.76. The van der Waals surface area contributed by atoms with E-state index in [2.05, 4.69) is 19.2 Å². The maximum Gasteiger partial charge on any atom is 0.146 e. The first-order valence-corrected chi connectivity index (χ1v) is 7.70. The molecule has 0 heterocycles. The molecule has 1 rings (SSSR count). The summed E-state index contributed by atoms with van der Waals surface area (Å²) in [5, 5.41) is 13.4. The lowest BCUT2D eigenvalue weighted by molar-refractivity contribution is 0.0874. The molecule has 0 aliphatic carbocycles. The molecule has 0 unspecified atom stereocenters. The van der Waals surface area contributed by atoms with Crippen LogP contribution >= 0.6 is 0 Å². The van der Waals surface area contributed by atoms with E-state index in [0.29, 0.717) is 31.2 Å². The van der Waals surface area contributed by atoms with Crippen molar-refractivity contribution in [2.75, 3.05) is 24.5 Å². The van der Waals surface area contributed by atoms with Gasteiger partial charge in [-0.05, 0) is 44.9 Å². The zero-order valence-corrected chi connectivity index (χ0v) is 13.9. The van der Waals surface area contributed by atoms with Gasteiger partial charge >= 0.3 is 0 Å². The molecule has 0 aliphatic rings. The number of nitrogens with zero attached hydrogens (tertiary/aromatic N) is 1. The van der Waals surface area contributed by atoms with Crippen molar-refractivity contribution in [3.05, 3.63) is 29.6 Å². The van der Waals surface area contributed by atoms with Gasteiger partial charge in [-0.3, -0.25) is 0 Å². The molecule has 21 heavy (non-hydrogen) atoms. The van der Waals surface area contributed by atoms with Gasteiger partial charge in [-0.15, -0.1) is 0 Å². The van der Waals surface area contributed by atoms with Gasteiger partial charge in [-0.25, -0.2) is 4.39 Å². The summed E-state index contributed by atoms with van der Waals surface area (Å²) in [6, 6.07) is 5.16. The third-order valence-corrected chi connectivity index (χ3v) is 3.21. The van der Waals surface area contributed by atoms with E-state index in [1.807, 2.05) is 17.9 Å². The number of anilines is 1. The van der Waals surface area contributed by atoms with Crippen LogP contribution in [-0.2, 0) is 6.54 Å². The highest BCUT2D eigenvalue weighted by Gasteiger charge is 2.21. The zero-order chi connectivity index (χ0) is 16.0. The van der Waals surface area contributed by atoms with Crippen LogP contribution in [0.3, 0.4) is 0 Å². The second-order valence-corrected chi connectivity index (χ2v) is 6.60. The summed E-state index contributed by atoms with van der Waals surface area (Å²) in [6.45, 7) is 12.3. The highest BCUT2D eigenvalue weighted by atomic mass is 19.1. The van der Waals surface area contributed by atoms with Crippen LogP contribution in [0.2, 0.25) is 0 Å². The van der Waals surface area contributed by atoms with Crippen LogP contribution in [0.1, 0.15) is 40.2 Å². The van der Waals surface area contributed by atoms with E-state index in [9.17, 15) is 9.50 Å². The fourth-order valence-electron chi connectivity index (χ4n) is 2.37. The van der Waals surface area contributed by atoms with Crippen molar-refractivity contribution in [1.82, 2.24) is 5.32 Å². The van der Waals surface area contributed by atoms with E-state index in [4.69, 9.17) is 0 Å². The van der Waals surface area contributed by atoms with Crippen molar-refractivity contribution in [3.63, 3.8) is 0 Å². The maximum atomic E-state index is 14.3. The lowest BCUT2D eigenvalue weighted by Crippen LogP contribution is -2.39. The Labute approximate surface area is 128 Å². The maximum absolute atomic E-state index is 14.3. The van der Waals surface area contributed by atoms with Gasteiger partial charge in [0.1, 0.15) is 5.82 Å². The Morgan fingerprint density at radius 2 is 2.00 bits per heavy atom.